The number of aliphatic hydroxyl groups excluding tert-OH is 6. The molecule has 1 aromatic rings. The van der Waals surface area contributed by atoms with Crippen LogP contribution in [0, 0.1) is 10.8 Å². The van der Waals surface area contributed by atoms with Crippen LogP contribution in [0.15, 0.2) is 0 Å². The van der Waals surface area contributed by atoms with Crippen LogP contribution >= 0.6 is 7.82 Å². The molecule has 15 N–H and O–H groups in total. The monoisotopic (exact) mass is 478 g/mol. The van der Waals surface area contributed by atoms with E-state index in [9.17, 15) is 0 Å². The van der Waals surface area contributed by atoms with Crippen molar-refractivity contribution in [2.45, 2.75) is 0 Å². The van der Waals surface area contributed by atoms with E-state index in [-0.39, 0.29) is 31.1 Å². The lowest BCUT2D eigenvalue weighted by Gasteiger charge is -2.31. The van der Waals surface area contributed by atoms with E-state index in [4.69, 9.17) is 71.8 Å². The molecule has 17 nitrogen and oxygen atoms in total. The molecule has 0 aliphatic heterocycles. The molecule has 18 heteroatoms. The fourth-order valence-electron chi connectivity index (χ4n) is 1.48. The van der Waals surface area contributed by atoms with Gasteiger partial charge in [-0.2, -0.15) is 15.0 Å². The van der Waals surface area contributed by atoms with Crippen LogP contribution in [0.4, 0.5) is 17.8 Å². The third-order valence-electron chi connectivity index (χ3n) is 3.52. The summed E-state index contributed by atoms with van der Waals surface area (Å²) < 4.78 is 14.0. The van der Waals surface area contributed by atoms with Gasteiger partial charge in [-0.15, -0.1) is 0 Å². The van der Waals surface area contributed by atoms with Crippen LogP contribution in [-0.4, -0.2) is 113 Å². The van der Waals surface area contributed by atoms with Crippen LogP contribution in [0.1, 0.15) is 0 Å². The minimum absolute atomic E-state index is 0.0417. The Kier molecular flexibility index (Phi) is 15.3. The largest absolute Gasteiger partial charge is 0.466 e. The highest BCUT2D eigenvalue weighted by atomic mass is 31.2. The highest BCUT2D eigenvalue weighted by molar-refractivity contribution is 7.45. The van der Waals surface area contributed by atoms with Crippen LogP contribution in [0.25, 0.3) is 0 Å². The second-order valence-corrected chi connectivity index (χ2v) is 7.39. The van der Waals surface area contributed by atoms with Gasteiger partial charge in [0, 0.05) is 0 Å². The predicted molar refractivity (Wildman–Crippen MR) is 106 cm³/mol. The molecular formula is C13H31N6O11P. The molecule has 0 amide bonds. The third-order valence-corrected chi connectivity index (χ3v) is 3.52. The number of hydrogen-bond acceptors (Lipinski definition) is 14. The van der Waals surface area contributed by atoms with Crippen LogP contribution < -0.4 is 17.2 Å². The molecule has 1 aromatic heterocycles. The Bertz CT molecular complexity index is 562. The average molecular weight is 478 g/mol. The number of anilines is 3. The number of rotatable bonds is 10. The molecule has 0 spiro atoms. The number of nitrogen functional groups attached to an aromatic ring is 3. The number of aliphatic hydroxyl groups is 6. The van der Waals surface area contributed by atoms with Crippen molar-refractivity contribution in [2.75, 3.05) is 70.1 Å². The first-order valence-corrected chi connectivity index (χ1v) is 9.86. The maximum Gasteiger partial charge on any atom is 0.466 e. The van der Waals surface area contributed by atoms with E-state index in [0.29, 0.717) is 0 Å². The van der Waals surface area contributed by atoms with Gasteiger partial charge < -0.3 is 67.3 Å². The zero-order chi connectivity index (χ0) is 24.7. The smallest absolute Gasteiger partial charge is 0.396 e. The summed E-state index contributed by atoms with van der Waals surface area (Å²) in [5, 5.41) is 54.2. The molecule has 1 heterocycles. The first-order valence-electron chi connectivity index (χ1n) is 8.29. The van der Waals surface area contributed by atoms with Crippen molar-refractivity contribution in [1.29, 1.82) is 0 Å². The quantitative estimate of drug-likeness (QED) is 0.139. The van der Waals surface area contributed by atoms with Crippen molar-refractivity contribution in [1.82, 2.24) is 15.0 Å². The number of ether oxygens (including phenoxy) is 1. The first-order chi connectivity index (χ1) is 14.3. The summed E-state index contributed by atoms with van der Waals surface area (Å²) in [4.78, 5) is 32.0. The van der Waals surface area contributed by atoms with Gasteiger partial charge in [-0.3, -0.25) is 0 Å². The molecule has 0 unspecified atom stereocenters. The third kappa shape index (κ3) is 14.8. The van der Waals surface area contributed by atoms with E-state index in [0.717, 1.165) is 0 Å². The Hall–Kier alpha value is -1.76. The molecule has 0 atom stereocenters. The average Bonchev–Trinajstić information content (AvgIpc) is 2.67. The van der Waals surface area contributed by atoms with Crippen LogP contribution in [0.5, 0.6) is 0 Å². The maximum atomic E-state index is 9.03. The van der Waals surface area contributed by atoms with Gasteiger partial charge in [-0.1, -0.05) is 0 Å². The highest BCUT2D eigenvalue weighted by Crippen LogP contribution is 2.25. The van der Waals surface area contributed by atoms with Gasteiger partial charge in [0.1, 0.15) is 0 Å². The number of nitrogens with two attached hydrogens (primary N) is 3. The summed E-state index contributed by atoms with van der Waals surface area (Å²) in [7, 11) is -4.64. The summed E-state index contributed by atoms with van der Waals surface area (Å²) in [6.07, 6.45) is 0. The Morgan fingerprint density at radius 3 is 1.00 bits per heavy atom. The van der Waals surface area contributed by atoms with Gasteiger partial charge in [-0.05, 0) is 0 Å². The molecule has 0 aromatic carbocycles. The van der Waals surface area contributed by atoms with E-state index >= 15 is 0 Å². The fourth-order valence-corrected chi connectivity index (χ4v) is 1.48. The molecule has 0 saturated carbocycles. The summed E-state index contributed by atoms with van der Waals surface area (Å²) in [5.41, 5.74) is 13.1. The molecule has 0 fully saturated rings. The van der Waals surface area contributed by atoms with Crippen molar-refractivity contribution in [3.63, 3.8) is 0 Å². The SMILES string of the molecule is Nc1nc(N)nc(N)n1.O=P(O)(O)O.OCC(CO)(CO)COCC(CO)(CO)CO. The molecule has 0 bridgehead atoms. The lowest BCUT2D eigenvalue weighted by molar-refractivity contribution is -0.103. The second-order valence-electron chi connectivity index (χ2n) is 6.36. The van der Waals surface area contributed by atoms with Gasteiger partial charge in [0.15, 0.2) is 0 Å². The number of nitrogens with zero attached hydrogens (tertiary/aromatic N) is 3. The minimum atomic E-state index is -4.64. The van der Waals surface area contributed by atoms with Gasteiger partial charge in [0.2, 0.25) is 17.8 Å². The van der Waals surface area contributed by atoms with Gasteiger partial charge in [0.25, 0.3) is 0 Å². The molecule has 0 aliphatic rings. The molecular weight excluding hydrogens is 447 g/mol. The van der Waals surface area contributed by atoms with Gasteiger partial charge >= 0.3 is 7.82 Å². The summed E-state index contributed by atoms with van der Waals surface area (Å²) >= 11 is 0. The van der Waals surface area contributed by atoms with Crippen molar-refractivity contribution >= 4 is 25.7 Å². The van der Waals surface area contributed by atoms with Crippen LogP contribution in [0.2, 0.25) is 0 Å². The standard InChI is InChI=1S/C10H22O7.C3H6N6.H3O4P/c11-1-9(2-12,3-13)7-17-8-10(4-14,5-15)6-16;4-1-7-2(5)9-3(6)8-1;1-5(2,3)4/h11-16H,1-8H2;(H6,4,5,6,7,8,9);(H3,1,2,3,4). The minimum Gasteiger partial charge on any atom is -0.396 e. The van der Waals surface area contributed by atoms with Gasteiger partial charge in [0.05, 0.1) is 63.7 Å². The Morgan fingerprint density at radius 2 is 0.839 bits per heavy atom. The number of phosphoric acid groups is 1. The van der Waals surface area contributed by atoms with E-state index < -0.39 is 58.3 Å². The number of aromatic nitrogens is 3. The van der Waals surface area contributed by atoms with Crippen LogP contribution in [0.3, 0.4) is 0 Å². The molecule has 31 heavy (non-hydrogen) atoms. The maximum absolute atomic E-state index is 9.03. The van der Waals surface area contributed by atoms with Crippen molar-refractivity contribution in [2.24, 2.45) is 10.8 Å². The molecule has 1 rings (SSSR count). The zero-order valence-corrected chi connectivity index (χ0v) is 17.4. The van der Waals surface area contributed by atoms with Crippen molar-refractivity contribution < 1.29 is 54.6 Å². The van der Waals surface area contributed by atoms with E-state index in [1.54, 1.807) is 0 Å². The summed E-state index contributed by atoms with van der Waals surface area (Å²) in [5.74, 6) is 0.125. The predicted octanol–water partition coefficient (Wildman–Crippen LogP) is -5.38. The second kappa shape index (κ2) is 15.1. The molecule has 184 valence electrons. The molecule has 0 radical (unpaired) electrons. The zero-order valence-electron chi connectivity index (χ0n) is 16.5. The molecule has 0 aliphatic carbocycles. The Balaban J connectivity index is 0. The summed E-state index contributed by atoms with van der Waals surface area (Å²) in [6, 6.07) is 0. The summed E-state index contributed by atoms with van der Waals surface area (Å²) in [6.45, 7) is -3.01. The van der Waals surface area contributed by atoms with Crippen molar-refractivity contribution in [3.8, 4) is 0 Å². The van der Waals surface area contributed by atoms with Crippen molar-refractivity contribution in [3.05, 3.63) is 0 Å². The van der Waals surface area contributed by atoms with E-state index in [2.05, 4.69) is 15.0 Å². The lowest BCUT2D eigenvalue weighted by atomic mass is 9.91. The van der Waals surface area contributed by atoms with E-state index in [1.165, 1.54) is 0 Å². The Labute approximate surface area is 177 Å². The van der Waals surface area contributed by atoms with Gasteiger partial charge in [-0.25, -0.2) is 4.57 Å². The Morgan fingerprint density at radius 1 is 0.645 bits per heavy atom. The highest BCUT2D eigenvalue weighted by Gasteiger charge is 2.32. The fraction of sp³-hybridized carbons (Fsp3) is 0.769. The van der Waals surface area contributed by atoms with Crippen LogP contribution in [-0.2, 0) is 9.30 Å². The topological polar surface area (TPSA) is 325 Å². The van der Waals surface area contributed by atoms with E-state index in [1.807, 2.05) is 0 Å². The molecule has 0 saturated heterocycles. The first kappa shape index (κ1) is 31.4. The lowest BCUT2D eigenvalue weighted by Crippen LogP contribution is -2.43. The normalized spacial score (nSPS) is 11.8. The number of hydrogen-bond donors (Lipinski definition) is 12.